The van der Waals surface area contributed by atoms with Crippen LogP contribution in [0.2, 0.25) is 0 Å². The molecule has 0 fully saturated rings. The van der Waals surface area contributed by atoms with Crippen molar-refractivity contribution in [1.29, 1.82) is 0 Å². The molecule has 20 heavy (non-hydrogen) atoms. The first-order valence-electron chi connectivity index (χ1n) is 6.24. The molecular formula is C12H17BrF3N3O. The Labute approximate surface area is 124 Å². The molecule has 1 aromatic heterocycles. The standard InChI is InChI=1S/C12H17BrF3N3O/c1-2-17-11(19-8-6-12(14,15)16)18-7-5-9-3-4-10(13)20-9/h3-4H,2,5-8H2,1H3,(H2,17,18,19). The number of hydrogen-bond acceptors (Lipinski definition) is 2. The first kappa shape index (κ1) is 16.9. The van der Waals surface area contributed by atoms with E-state index in [1.807, 2.05) is 13.0 Å². The normalized spacial score (nSPS) is 12.6. The summed E-state index contributed by atoms with van der Waals surface area (Å²) in [4.78, 5) is 3.87. The van der Waals surface area contributed by atoms with Crippen LogP contribution in [0.3, 0.4) is 0 Å². The lowest BCUT2D eigenvalue weighted by Gasteiger charge is -2.11. The Bertz CT molecular complexity index is 432. The van der Waals surface area contributed by atoms with Gasteiger partial charge in [0.1, 0.15) is 5.76 Å². The van der Waals surface area contributed by atoms with Crippen LogP contribution < -0.4 is 10.6 Å². The van der Waals surface area contributed by atoms with Crippen LogP contribution in [0.15, 0.2) is 26.2 Å². The minimum Gasteiger partial charge on any atom is -0.454 e. The molecular weight excluding hydrogens is 339 g/mol. The zero-order valence-electron chi connectivity index (χ0n) is 11.1. The third-order valence-corrected chi connectivity index (χ3v) is 2.73. The number of guanidine groups is 1. The molecule has 0 spiro atoms. The van der Waals surface area contributed by atoms with Crippen molar-refractivity contribution in [3.8, 4) is 0 Å². The van der Waals surface area contributed by atoms with Gasteiger partial charge in [0.2, 0.25) is 0 Å². The van der Waals surface area contributed by atoms with Gasteiger partial charge < -0.3 is 15.1 Å². The fraction of sp³-hybridized carbons (Fsp3) is 0.583. The molecule has 114 valence electrons. The van der Waals surface area contributed by atoms with Crippen molar-refractivity contribution in [2.24, 2.45) is 4.99 Å². The van der Waals surface area contributed by atoms with Crippen LogP contribution >= 0.6 is 15.9 Å². The van der Waals surface area contributed by atoms with E-state index < -0.39 is 12.6 Å². The average Bonchev–Trinajstić information content (AvgIpc) is 2.73. The minimum absolute atomic E-state index is 0.287. The van der Waals surface area contributed by atoms with E-state index in [-0.39, 0.29) is 6.54 Å². The molecule has 0 aliphatic heterocycles. The molecule has 4 nitrogen and oxygen atoms in total. The number of nitrogens with one attached hydrogen (secondary N) is 2. The largest absolute Gasteiger partial charge is 0.454 e. The molecule has 0 aliphatic carbocycles. The van der Waals surface area contributed by atoms with Crippen LogP contribution in [0.4, 0.5) is 13.2 Å². The molecule has 0 amide bonds. The lowest BCUT2D eigenvalue weighted by atomic mass is 10.3. The predicted octanol–water partition coefficient (Wildman–Crippen LogP) is 3.09. The van der Waals surface area contributed by atoms with Crippen LogP contribution in [-0.2, 0) is 6.42 Å². The molecule has 2 N–H and O–H groups in total. The summed E-state index contributed by atoms with van der Waals surface area (Å²) in [7, 11) is 0. The van der Waals surface area contributed by atoms with Gasteiger partial charge in [0.25, 0.3) is 0 Å². The second kappa shape index (κ2) is 8.18. The van der Waals surface area contributed by atoms with Crippen molar-refractivity contribution in [3.63, 3.8) is 0 Å². The molecule has 0 bridgehead atoms. The zero-order valence-corrected chi connectivity index (χ0v) is 12.6. The summed E-state index contributed by atoms with van der Waals surface area (Å²) in [6, 6.07) is 3.62. The lowest BCUT2D eigenvalue weighted by Crippen LogP contribution is -2.38. The summed E-state index contributed by atoms with van der Waals surface area (Å²) in [5.74, 6) is 1.16. The summed E-state index contributed by atoms with van der Waals surface area (Å²) >= 11 is 3.20. The van der Waals surface area contributed by atoms with Crippen molar-refractivity contribution >= 4 is 21.9 Å². The quantitative estimate of drug-likeness (QED) is 0.608. The van der Waals surface area contributed by atoms with Crippen LogP contribution in [0.25, 0.3) is 0 Å². The Morgan fingerprint density at radius 1 is 1.35 bits per heavy atom. The summed E-state index contributed by atoms with van der Waals surface area (Å²) in [6.07, 6.45) is -4.48. The fourth-order valence-electron chi connectivity index (χ4n) is 1.43. The molecule has 0 radical (unpaired) electrons. The highest BCUT2D eigenvalue weighted by Gasteiger charge is 2.26. The van der Waals surface area contributed by atoms with E-state index in [1.54, 1.807) is 6.07 Å². The van der Waals surface area contributed by atoms with Gasteiger partial charge in [0, 0.05) is 19.5 Å². The second-order valence-electron chi connectivity index (χ2n) is 4.01. The monoisotopic (exact) mass is 355 g/mol. The maximum absolute atomic E-state index is 12.0. The molecule has 0 saturated heterocycles. The van der Waals surface area contributed by atoms with Gasteiger partial charge in [-0.15, -0.1) is 0 Å². The van der Waals surface area contributed by atoms with E-state index in [9.17, 15) is 13.2 Å². The average molecular weight is 356 g/mol. The molecule has 0 saturated carbocycles. The molecule has 1 rings (SSSR count). The van der Waals surface area contributed by atoms with Crippen molar-refractivity contribution in [2.45, 2.75) is 25.9 Å². The Morgan fingerprint density at radius 2 is 2.10 bits per heavy atom. The molecule has 0 unspecified atom stereocenters. The summed E-state index contributed by atoms with van der Waals surface area (Å²) in [5, 5.41) is 5.85. The minimum atomic E-state index is -4.18. The molecule has 0 atom stereocenters. The number of halogens is 4. The number of hydrogen-bond donors (Lipinski definition) is 2. The molecule has 1 heterocycles. The number of furan rings is 1. The highest BCUT2D eigenvalue weighted by molar-refractivity contribution is 9.10. The van der Waals surface area contributed by atoms with Gasteiger partial charge in [-0.3, -0.25) is 4.99 Å². The number of alkyl halides is 3. The van der Waals surface area contributed by atoms with Crippen molar-refractivity contribution in [2.75, 3.05) is 19.6 Å². The van der Waals surface area contributed by atoms with Crippen LogP contribution in [0.5, 0.6) is 0 Å². The first-order valence-corrected chi connectivity index (χ1v) is 7.03. The van der Waals surface area contributed by atoms with Gasteiger partial charge in [-0.2, -0.15) is 13.2 Å². The topological polar surface area (TPSA) is 49.6 Å². The van der Waals surface area contributed by atoms with Crippen LogP contribution in [0.1, 0.15) is 19.1 Å². The Kier molecular flexibility index (Phi) is 6.90. The van der Waals surface area contributed by atoms with Gasteiger partial charge >= 0.3 is 6.18 Å². The van der Waals surface area contributed by atoms with Gasteiger partial charge in [0.05, 0.1) is 13.0 Å². The maximum Gasteiger partial charge on any atom is 0.390 e. The number of nitrogens with zero attached hydrogens (tertiary/aromatic N) is 1. The van der Waals surface area contributed by atoms with Gasteiger partial charge in [-0.25, -0.2) is 0 Å². The van der Waals surface area contributed by atoms with Crippen molar-refractivity contribution in [1.82, 2.24) is 10.6 Å². The third kappa shape index (κ3) is 7.42. The zero-order chi connectivity index (χ0) is 15.0. The highest BCUT2D eigenvalue weighted by Crippen LogP contribution is 2.18. The van der Waals surface area contributed by atoms with Crippen LogP contribution in [0, 0.1) is 0 Å². The first-order chi connectivity index (χ1) is 9.40. The van der Waals surface area contributed by atoms with Gasteiger partial charge in [-0.1, -0.05) is 0 Å². The van der Waals surface area contributed by atoms with E-state index in [2.05, 4.69) is 31.6 Å². The van der Waals surface area contributed by atoms with Crippen LogP contribution in [-0.4, -0.2) is 31.8 Å². The van der Waals surface area contributed by atoms with E-state index >= 15 is 0 Å². The molecule has 8 heteroatoms. The summed E-state index contributed by atoms with van der Waals surface area (Å²) in [5.41, 5.74) is 0. The summed E-state index contributed by atoms with van der Waals surface area (Å²) in [6.45, 7) is 2.68. The maximum atomic E-state index is 12.0. The fourth-order valence-corrected chi connectivity index (χ4v) is 1.77. The number of rotatable bonds is 6. The van der Waals surface area contributed by atoms with Gasteiger partial charge in [0.15, 0.2) is 10.6 Å². The Hall–Kier alpha value is -1.18. The second-order valence-corrected chi connectivity index (χ2v) is 4.79. The lowest BCUT2D eigenvalue weighted by molar-refractivity contribution is -0.132. The SMILES string of the molecule is CCNC(=NCCC(F)(F)F)NCCc1ccc(Br)o1. The third-order valence-electron chi connectivity index (χ3n) is 2.30. The Balaban J connectivity index is 2.36. The number of aliphatic imine (C=N–C) groups is 1. The molecule has 0 aliphatic rings. The van der Waals surface area contributed by atoms with E-state index in [0.29, 0.717) is 30.1 Å². The summed E-state index contributed by atoms with van der Waals surface area (Å²) < 4.78 is 42.1. The smallest absolute Gasteiger partial charge is 0.390 e. The van der Waals surface area contributed by atoms with E-state index in [0.717, 1.165) is 5.76 Å². The predicted molar refractivity (Wildman–Crippen MR) is 74.8 cm³/mol. The van der Waals surface area contributed by atoms with Crippen molar-refractivity contribution < 1.29 is 17.6 Å². The van der Waals surface area contributed by atoms with E-state index in [1.165, 1.54) is 0 Å². The van der Waals surface area contributed by atoms with E-state index in [4.69, 9.17) is 4.42 Å². The highest BCUT2D eigenvalue weighted by atomic mass is 79.9. The van der Waals surface area contributed by atoms with Crippen molar-refractivity contribution in [3.05, 3.63) is 22.6 Å². The molecule has 1 aromatic rings. The molecule has 0 aromatic carbocycles. The van der Waals surface area contributed by atoms with Gasteiger partial charge in [-0.05, 0) is 35.0 Å². The Morgan fingerprint density at radius 3 is 2.65 bits per heavy atom.